The van der Waals surface area contributed by atoms with Crippen molar-refractivity contribution >= 4 is 33.4 Å². The summed E-state index contributed by atoms with van der Waals surface area (Å²) < 4.78 is 0. The van der Waals surface area contributed by atoms with Crippen LogP contribution in [-0.4, -0.2) is 33.2 Å². The Morgan fingerprint density at radius 1 is 0.581 bits per heavy atom. The van der Waals surface area contributed by atoms with Gasteiger partial charge in [0.15, 0.2) is 0 Å². The highest BCUT2D eigenvalue weighted by Crippen LogP contribution is 2.39. The van der Waals surface area contributed by atoms with E-state index in [-0.39, 0.29) is 0 Å². The van der Waals surface area contributed by atoms with Gasteiger partial charge in [-0.1, -0.05) is 113 Å². The van der Waals surface area contributed by atoms with Crippen LogP contribution in [0.2, 0.25) is 0 Å². The first-order valence-corrected chi connectivity index (χ1v) is 15.5. The third-order valence-electron chi connectivity index (χ3n) is 9.48. The number of aliphatic hydroxyl groups is 2. The standard InChI is InChI=1S/C37H46N2O4/c1-7-36(42,8-2)31(29-23-15-19-25-17-11-13-21-27(25)29)38-33(40)35(5,6)34(41)39-32(37(43,9-3)10-4)30-24-16-20-26-18-12-14-22-28(26)30/h11-24,31-32,42-43H,7-10H2,1-6H3,(H,38,40)(H,39,41)/t31-,32-/m1/s1. The van der Waals surface area contributed by atoms with Crippen LogP contribution in [0.5, 0.6) is 0 Å². The van der Waals surface area contributed by atoms with E-state index >= 15 is 0 Å². The Hall–Kier alpha value is -3.74. The highest BCUT2D eigenvalue weighted by Gasteiger charge is 2.45. The molecule has 0 aliphatic rings. The number of hydrogen-bond donors (Lipinski definition) is 4. The zero-order valence-corrected chi connectivity index (χ0v) is 26.3. The lowest BCUT2D eigenvalue weighted by Crippen LogP contribution is -2.55. The highest BCUT2D eigenvalue weighted by atomic mass is 16.3. The monoisotopic (exact) mass is 582 g/mol. The van der Waals surface area contributed by atoms with E-state index in [0.717, 1.165) is 32.7 Å². The maximum atomic E-state index is 14.1. The highest BCUT2D eigenvalue weighted by molar-refractivity contribution is 6.05. The number of rotatable bonds is 12. The molecule has 0 spiro atoms. The number of hydrogen-bond acceptors (Lipinski definition) is 4. The van der Waals surface area contributed by atoms with Gasteiger partial charge in [0, 0.05) is 0 Å². The van der Waals surface area contributed by atoms with E-state index in [1.54, 1.807) is 13.8 Å². The smallest absolute Gasteiger partial charge is 0.235 e. The summed E-state index contributed by atoms with van der Waals surface area (Å²) >= 11 is 0. The van der Waals surface area contributed by atoms with E-state index < -0.39 is 40.5 Å². The zero-order valence-electron chi connectivity index (χ0n) is 26.3. The minimum atomic E-state index is -1.52. The molecule has 0 saturated heterocycles. The van der Waals surface area contributed by atoms with Crippen LogP contribution in [0.3, 0.4) is 0 Å². The zero-order chi connectivity index (χ0) is 31.4. The van der Waals surface area contributed by atoms with Gasteiger partial charge < -0.3 is 20.8 Å². The predicted molar refractivity (Wildman–Crippen MR) is 175 cm³/mol. The molecule has 0 aromatic heterocycles. The first kappa shape index (κ1) is 32.2. The molecule has 0 fully saturated rings. The summed E-state index contributed by atoms with van der Waals surface area (Å²) in [5, 5.41) is 33.6. The molecular weight excluding hydrogens is 536 g/mol. The molecule has 2 amide bonds. The van der Waals surface area contributed by atoms with Crippen LogP contribution in [0.15, 0.2) is 84.9 Å². The Labute approximate surface area is 255 Å². The van der Waals surface area contributed by atoms with Gasteiger partial charge in [0.1, 0.15) is 5.41 Å². The van der Waals surface area contributed by atoms with Crippen LogP contribution in [0.25, 0.3) is 21.5 Å². The van der Waals surface area contributed by atoms with Crippen molar-refractivity contribution in [2.45, 2.75) is 90.5 Å². The summed E-state index contributed by atoms with van der Waals surface area (Å²) in [5.41, 5.74) is -2.38. The second-order valence-corrected chi connectivity index (χ2v) is 12.2. The normalized spacial score (nSPS) is 14.0. The molecule has 4 aromatic carbocycles. The Kier molecular flexibility index (Phi) is 9.63. The van der Waals surface area contributed by atoms with E-state index in [1.807, 2.05) is 113 Å². The lowest BCUT2D eigenvalue weighted by molar-refractivity contribution is -0.145. The Bertz CT molecular complexity index is 1460. The lowest BCUT2D eigenvalue weighted by Gasteiger charge is -2.40. The van der Waals surface area contributed by atoms with Gasteiger partial charge in [-0.15, -0.1) is 0 Å². The fourth-order valence-electron chi connectivity index (χ4n) is 6.05. The van der Waals surface area contributed by atoms with Gasteiger partial charge in [0.2, 0.25) is 11.8 Å². The molecule has 0 aliphatic heterocycles. The molecule has 6 nitrogen and oxygen atoms in total. The average Bonchev–Trinajstić information content (AvgIpc) is 3.04. The van der Waals surface area contributed by atoms with Crippen LogP contribution < -0.4 is 10.6 Å². The Morgan fingerprint density at radius 3 is 1.26 bits per heavy atom. The van der Waals surface area contributed by atoms with Crippen molar-refractivity contribution in [3.8, 4) is 0 Å². The number of fused-ring (bicyclic) bond motifs is 2. The quantitative estimate of drug-likeness (QED) is 0.134. The van der Waals surface area contributed by atoms with Gasteiger partial charge in [0.25, 0.3) is 0 Å². The number of benzene rings is 4. The summed E-state index contributed by atoms with van der Waals surface area (Å²) in [6.45, 7) is 10.8. The third-order valence-corrected chi connectivity index (χ3v) is 9.48. The summed E-state index contributed by atoms with van der Waals surface area (Å²) in [6.07, 6.45) is 1.64. The number of amides is 2. The summed E-state index contributed by atoms with van der Waals surface area (Å²) in [4.78, 5) is 28.2. The second kappa shape index (κ2) is 12.9. The van der Waals surface area contributed by atoms with Gasteiger partial charge in [-0.05, 0) is 72.2 Å². The molecule has 0 unspecified atom stereocenters. The topological polar surface area (TPSA) is 98.7 Å². The lowest BCUT2D eigenvalue weighted by atomic mass is 9.80. The summed E-state index contributed by atoms with van der Waals surface area (Å²) in [5.74, 6) is -1.01. The first-order chi connectivity index (χ1) is 20.5. The molecule has 43 heavy (non-hydrogen) atoms. The third kappa shape index (κ3) is 6.17. The molecule has 0 aliphatic carbocycles. The largest absolute Gasteiger partial charge is 0.387 e. The van der Waals surface area contributed by atoms with Crippen LogP contribution in [0.1, 0.15) is 90.4 Å². The SMILES string of the molecule is CCC(O)(CC)[C@H](NC(=O)C(C)(C)C(=O)N[C@H](c1cccc2ccccc12)C(O)(CC)CC)c1cccc2ccccc12. The van der Waals surface area contributed by atoms with Crippen molar-refractivity contribution in [1.29, 1.82) is 0 Å². The average molecular weight is 583 g/mol. The Morgan fingerprint density at radius 2 is 0.907 bits per heavy atom. The maximum Gasteiger partial charge on any atom is 0.235 e. The number of nitrogens with one attached hydrogen (secondary N) is 2. The second-order valence-electron chi connectivity index (χ2n) is 12.2. The van der Waals surface area contributed by atoms with Gasteiger partial charge in [-0.25, -0.2) is 0 Å². The Balaban J connectivity index is 1.72. The molecule has 4 N–H and O–H groups in total. The van der Waals surface area contributed by atoms with Gasteiger partial charge in [-0.2, -0.15) is 0 Å². The fourth-order valence-corrected chi connectivity index (χ4v) is 6.05. The van der Waals surface area contributed by atoms with Crippen molar-refractivity contribution in [3.63, 3.8) is 0 Å². The minimum absolute atomic E-state index is 0.410. The first-order valence-electron chi connectivity index (χ1n) is 15.5. The predicted octanol–water partition coefficient (Wildman–Crippen LogP) is 7.14. The van der Waals surface area contributed by atoms with Crippen molar-refractivity contribution in [2.75, 3.05) is 0 Å². The fraction of sp³-hybridized carbons (Fsp3) is 0.405. The molecule has 0 radical (unpaired) electrons. The minimum Gasteiger partial charge on any atom is -0.387 e. The van der Waals surface area contributed by atoms with Crippen LogP contribution >= 0.6 is 0 Å². The summed E-state index contributed by atoms with van der Waals surface area (Å²) in [7, 11) is 0. The molecule has 0 heterocycles. The van der Waals surface area contributed by atoms with Crippen LogP contribution in [-0.2, 0) is 9.59 Å². The van der Waals surface area contributed by atoms with E-state index in [2.05, 4.69) is 10.6 Å². The number of carbonyl (C=O) groups is 2. The van der Waals surface area contributed by atoms with E-state index in [4.69, 9.17) is 0 Å². The van der Waals surface area contributed by atoms with Gasteiger partial charge in [-0.3, -0.25) is 9.59 Å². The van der Waals surface area contributed by atoms with Crippen molar-refractivity contribution < 1.29 is 19.8 Å². The van der Waals surface area contributed by atoms with E-state index in [9.17, 15) is 19.8 Å². The van der Waals surface area contributed by atoms with Crippen LogP contribution in [0, 0.1) is 5.41 Å². The molecule has 4 aromatic rings. The van der Waals surface area contributed by atoms with E-state index in [0.29, 0.717) is 25.7 Å². The van der Waals surface area contributed by atoms with Crippen LogP contribution in [0.4, 0.5) is 0 Å². The number of carbonyl (C=O) groups excluding carboxylic acids is 2. The maximum absolute atomic E-state index is 14.1. The molecule has 2 atom stereocenters. The molecular formula is C37H46N2O4. The summed E-state index contributed by atoms with van der Waals surface area (Å²) in [6, 6.07) is 26.0. The molecule has 4 rings (SSSR count). The van der Waals surface area contributed by atoms with Crippen molar-refractivity contribution in [3.05, 3.63) is 96.1 Å². The van der Waals surface area contributed by atoms with Gasteiger partial charge >= 0.3 is 0 Å². The van der Waals surface area contributed by atoms with Gasteiger partial charge in [0.05, 0.1) is 23.3 Å². The molecule has 0 saturated carbocycles. The molecule has 228 valence electrons. The van der Waals surface area contributed by atoms with E-state index in [1.165, 1.54) is 0 Å². The molecule has 0 bridgehead atoms. The van der Waals surface area contributed by atoms with Crippen molar-refractivity contribution in [1.82, 2.24) is 10.6 Å². The molecule has 6 heteroatoms. The van der Waals surface area contributed by atoms with Crippen molar-refractivity contribution in [2.24, 2.45) is 5.41 Å².